The molecule has 0 bridgehead atoms. The van der Waals surface area contributed by atoms with Crippen molar-refractivity contribution >= 4 is 15.8 Å². The van der Waals surface area contributed by atoms with E-state index in [0.29, 0.717) is 36.9 Å². The first-order chi connectivity index (χ1) is 14.0. The van der Waals surface area contributed by atoms with E-state index in [1.165, 1.54) is 6.07 Å². The Balaban J connectivity index is 1.54. The number of hydrogen-bond acceptors (Lipinski definition) is 3. The third-order valence-corrected chi connectivity index (χ3v) is 6.98. The lowest BCUT2D eigenvalue weighted by molar-refractivity contribution is 0.592. The fourth-order valence-corrected chi connectivity index (χ4v) is 4.63. The van der Waals surface area contributed by atoms with Gasteiger partial charge >= 0.3 is 0 Å². The van der Waals surface area contributed by atoms with Crippen molar-refractivity contribution in [3.63, 3.8) is 0 Å². The smallest absolute Gasteiger partial charge is 0.191 e. The number of hydrogen-bond donors (Lipinski definition) is 2. The van der Waals surface area contributed by atoms with E-state index in [-0.39, 0.29) is 17.0 Å². The first-order valence-corrected chi connectivity index (χ1v) is 11.7. The Bertz CT molecular complexity index is 942. The quantitative estimate of drug-likeness (QED) is 0.373. The van der Waals surface area contributed by atoms with Crippen molar-refractivity contribution in [2.75, 3.05) is 25.4 Å². The van der Waals surface area contributed by atoms with Crippen LogP contribution in [0.15, 0.2) is 64.5 Å². The monoisotopic (exact) mass is 417 g/mol. The zero-order chi connectivity index (χ0) is 20.7. The van der Waals surface area contributed by atoms with Crippen LogP contribution in [0.1, 0.15) is 31.7 Å². The molecule has 2 aromatic carbocycles. The van der Waals surface area contributed by atoms with E-state index in [1.807, 2.05) is 13.0 Å². The van der Waals surface area contributed by atoms with Gasteiger partial charge in [-0.3, -0.25) is 4.99 Å². The average Bonchev–Trinajstić information content (AvgIpc) is 3.51. The van der Waals surface area contributed by atoms with Crippen LogP contribution in [-0.4, -0.2) is 39.8 Å². The second-order valence-electron chi connectivity index (χ2n) is 7.40. The largest absolute Gasteiger partial charge is 0.357 e. The van der Waals surface area contributed by atoms with Gasteiger partial charge in [0.1, 0.15) is 5.82 Å². The molecule has 0 saturated heterocycles. The summed E-state index contributed by atoms with van der Waals surface area (Å²) in [5.41, 5.74) is 0.909. The Morgan fingerprint density at radius 3 is 2.52 bits per heavy atom. The van der Waals surface area contributed by atoms with Crippen molar-refractivity contribution in [1.29, 1.82) is 0 Å². The van der Waals surface area contributed by atoms with E-state index < -0.39 is 9.84 Å². The van der Waals surface area contributed by atoms with Gasteiger partial charge in [0.15, 0.2) is 15.8 Å². The van der Waals surface area contributed by atoms with E-state index in [9.17, 15) is 12.8 Å². The van der Waals surface area contributed by atoms with E-state index in [0.717, 1.165) is 18.4 Å². The summed E-state index contributed by atoms with van der Waals surface area (Å²) in [6, 6.07) is 15.3. The summed E-state index contributed by atoms with van der Waals surface area (Å²) in [7, 11) is -3.27. The van der Waals surface area contributed by atoms with Crippen LogP contribution >= 0.6 is 0 Å². The highest BCUT2D eigenvalue weighted by Crippen LogP contribution is 2.48. The molecule has 0 radical (unpaired) electrons. The Labute approximate surface area is 172 Å². The lowest BCUT2D eigenvalue weighted by Crippen LogP contribution is -2.38. The Morgan fingerprint density at radius 2 is 1.86 bits per heavy atom. The standard InChI is InChI=1S/C22H28FN3O2S/c1-2-24-21(25-14-7-15-29(27,28)20-10-4-3-5-11-20)26-17-22(12-13-22)18-8-6-9-19(23)16-18/h3-6,8-11,16H,2,7,12-15,17H2,1H3,(H2,24,25,26). The van der Waals surface area contributed by atoms with Crippen LogP contribution in [0.25, 0.3) is 0 Å². The Hall–Kier alpha value is -2.41. The van der Waals surface area contributed by atoms with Crippen molar-refractivity contribution < 1.29 is 12.8 Å². The van der Waals surface area contributed by atoms with Gasteiger partial charge in [0, 0.05) is 18.5 Å². The zero-order valence-electron chi connectivity index (χ0n) is 16.7. The molecule has 0 aliphatic heterocycles. The predicted molar refractivity (Wildman–Crippen MR) is 114 cm³/mol. The maximum absolute atomic E-state index is 13.6. The summed E-state index contributed by atoms with van der Waals surface area (Å²) in [4.78, 5) is 5.02. The summed E-state index contributed by atoms with van der Waals surface area (Å²) < 4.78 is 38.3. The molecule has 0 aromatic heterocycles. The molecule has 0 unspecified atom stereocenters. The van der Waals surface area contributed by atoms with Crippen molar-refractivity contribution in [2.45, 2.75) is 36.5 Å². The number of aliphatic imine (C=N–C) groups is 1. The van der Waals surface area contributed by atoms with Gasteiger partial charge < -0.3 is 10.6 Å². The minimum absolute atomic E-state index is 0.0800. The fourth-order valence-electron chi connectivity index (χ4n) is 3.29. The summed E-state index contributed by atoms with van der Waals surface area (Å²) in [6.07, 6.45) is 2.47. The molecule has 1 aliphatic rings. The molecule has 2 aromatic rings. The van der Waals surface area contributed by atoms with Crippen LogP contribution in [-0.2, 0) is 15.3 Å². The maximum Gasteiger partial charge on any atom is 0.191 e. The van der Waals surface area contributed by atoms with E-state index >= 15 is 0 Å². The second-order valence-corrected chi connectivity index (χ2v) is 9.51. The molecular weight excluding hydrogens is 389 g/mol. The van der Waals surface area contributed by atoms with Gasteiger partial charge in [0.2, 0.25) is 0 Å². The normalized spacial score (nSPS) is 15.7. The molecule has 1 aliphatic carbocycles. The van der Waals surface area contributed by atoms with Gasteiger partial charge in [-0.05, 0) is 56.0 Å². The van der Waals surface area contributed by atoms with Gasteiger partial charge in [-0.25, -0.2) is 12.8 Å². The minimum atomic E-state index is -3.27. The summed E-state index contributed by atoms with van der Waals surface area (Å²) in [5, 5.41) is 6.40. The van der Waals surface area contributed by atoms with Crippen LogP contribution in [0, 0.1) is 5.82 Å². The highest BCUT2D eigenvalue weighted by atomic mass is 32.2. The summed E-state index contributed by atoms with van der Waals surface area (Å²) in [6.45, 7) is 3.77. The number of sulfone groups is 1. The second kappa shape index (κ2) is 9.39. The molecule has 3 rings (SSSR count). The van der Waals surface area contributed by atoms with E-state index in [4.69, 9.17) is 0 Å². The first kappa shape index (κ1) is 21.3. The maximum atomic E-state index is 13.6. The molecule has 2 N–H and O–H groups in total. The van der Waals surface area contributed by atoms with Crippen LogP contribution < -0.4 is 10.6 Å². The SMILES string of the molecule is CCNC(=NCC1(c2cccc(F)c2)CC1)NCCCS(=O)(=O)c1ccccc1. The lowest BCUT2D eigenvalue weighted by Gasteiger charge is -2.16. The highest BCUT2D eigenvalue weighted by molar-refractivity contribution is 7.91. The molecule has 5 nitrogen and oxygen atoms in total. The summed E-state index contributed by atoms with van der Waals surface area (Å²) in [5.74, 6) is 0.520. The predicted octanol–water partition coefficient (Wildman–Crippen LogP) is 3.28. The number of nitrogens with zero attached hydrogens (tertiary/aromatic N) is 1. The van der Waals surface area contributed by atoms with Crippen molar-refractivity contribution in [2.24, 2.45) is 4.99 Å². The average molecular weight is 418 g/mol. The van der Waals surface area contributed by atoms with Gasteiger partial charge in [-0.1, -0.05) is 30.3 Å². The minimum Gasteiger partial charge on any atom is -0.357 e. The van der Waals surface area contributed by atoms with Crippen molar-refractivity contribution in [1.82, 2.24) is 10.6 Å². The fraction of sp³-hybridized carbons (Fsp3) is 0.409. The van der Waals surface area contributed by atoms with Crippen molar-refractivity contribution in [3.8, 4) is 0 Å². The molecule has 1 saturated carbocycles. The third-order valence-electron chi connectivity index (χ3n) is 5.16. The molecule has 0 heterocycles. The molecule has 29 heavy (non-hydrogen) atoms. The topological polar surface area (TPSA) is 70.6 Å². The number of nitrogens with one attached hydrogen (secondary N) is 2. The molecular formula is C22H28FN3O2S. The van der Waals surface area contributed by atoms with Crippen LogP contribution in [0.3, 0.4) is 0 Å². The molecule has 7 heteroatoms. The van der Waals surface area contributed by atoms with Gasteiger partial charge in [-0.2, -0.15) is 0 Å². The van der Waals surface area contributed by atoms with Gasteiger partial charge in [0.05, 0.1) is 17.2 Å². The van der Waals surface area contributed by atoms with Gasteiger partial charge in [-0.15, -0.1) is 0 Å². The van der Waals surface area contributed by atoms with E-state index in [1.54, 1.807) is 42.5 Å². The zero-order valence-corrected chi connectivity index (χ0v) is 17.5. The van der Waals surface area contributed by atoms with Crippen LogP contribution in [0.4, 0.5) is 4.39 Å². The molecule has 0 spiro atoms. The molecule has 0 atom stereocenters. The highest BCUT2D eigenvalue weighted by Gasteiger charge is 2.44. The van der Waals surface area contributed by atoms with E-state index in [2.05, 4.69) is 15.6 Å². The summed E-state index contributed by atoms with van der Waals surface area (Å²) >= 11 is 0. The van der Waals surface area contributed by atoms with Crippen LogP contribution in [0.2, 0.25) is 0 Å². The van der Waals surface area contributed by atoms with Gasteiger partial charge in [0.25, 0.3) is 0 Å². The Kier molecular flexibility index (Phi) is 6.90. The third kappa shape index (κ3) is 5.79. The molecule has 156 valence electrons. The molecule has 0 amide bonds. The molecule has 1 fully saturated rings. The first-order valence-electron chi connectivity index (χ1n) is 10.0. The number of benzene rings is 2. The van der Waals surface area contributed by atoms with Crippen molar-refractivity contribution in [3.05, 3.63) is 66.0 Å². The number of rotatable bonds is 9. The number of halogens is 1. The number of guanidine groups is 1. The Morgan fingerprint density at radius 1 is 1.10 bits per heavy atom. The van der Waals surface area contributed by atoms with Crippen LogP contribution in [0.5, 0.6) is 0 Å². The lowest BCUT2D eigenvalue weighted by atomic mass is 9.96.